The maximum Gasteiger partial charge on any atom is 0.0546 e. The largest absolute Gasteiger partial charge is 0.310 e. The molecule has 2 heteroatoms. The molecule has 312 valence electrons. The van der Waals surface area contributed by atoms with E-state index in [0.717, 1.165) is 41.3 Å². The molecule has 65 heavy (non-hydrogen) atoms. The van der Waals surface area contributed by atoms with Crippen molar-refractivity contribution in [2.24, 2.45) is 0 Å². The second-order valence-corrected chi connectivity index (χ2v) is 17.2. The molecule has 0 fully saturated rings. The zero-order chi connectivity index (χ0) is 43.7. The predicted molar refractivity (Wildman–Crippen MR) is 278 cm³/mol. The van der Waals surface area contributed by atoms with Gasteiger partial charge in [-0.05, 0) is 129 Å². The standard InChI is InChI=1S/C63H50N2/c1-3-63(4-2)58-42-46(32-39-56(58)57-41-38-54(44-59(57)63)64(52-22-10-6-11-23-52)53-24-12-7-13-25-53)29-28-45-30-33-48(34-31-45)55-40-37-51(47-18-8-5-9-19-47)43-62(55)65-60-26-16-14-20-49(60)35-36-50-21-15-17-27-61(50)65/h5-44H,3-4H2,1-2H3/b29-28+. The highest BCUT2D eigenvalue weighted by atomic mass is 15.2. The third kappa shape index (κ3) is 7.18. The topological polar surface area (TPSA) is 6.48 Å². The third-order valence-corrected chi connectivity index (χ3v) is 13.7. The first kappa shape index (κ1) is 39.9. The molecule has 0 atom stereocenters. The van der Waals surface area contributed by atoms with Crippen molar-refractivity contribution < 1.29 is 0 Å². The van der Waals surface area contributed by atoms with Crippen LogP contribution in [0, 0.1) is 0 Å². The molecule has 0 bridgehead atoms. The Hall–Kier alpha value is -7.94. The molecule has 1 aliphatic carbocycles. The van der Waals surface area contributed by atoms with Crippen molar-refractivity contribution >= 4 is 58.4 Å². The highest BCUT2D eigenvalue weighted by Gasteiger charge is 2.41. The molecule has 0 N–H and O–H groups in total. The van der Waals surface area contributed by atoms with Crippen LogP contribution in [0.1, 0.15) is 60.1 Å². The van der Waals surface area contributed by atoms with E-state index in [-0.39, 0.29) is 5.41 Å². The van der Waals surface area contributed by atoms with Crippen LogP contribution in [0.15, 0.2) is 218 Å². The van der Waals surface area contributed by atoms with Gasteiger partial charge in [0.25, 0.3) is 0 Å². The Balaban J connectivity index is 0.931. The van der Waals surface area contributed by atoms with Gasteiger partial charge in [-0.1, -0.05) is 202 Å². The molecule has 0 spiro atoms. The number of hydrogen-bond donors (Lipinski definition) is 0. The molecule has 0 aromatic heterocycles. The molecule has 1 heterocycles. The molecule has 2 nitrogen and oxygen atoms in total. The van der Waals surface area contributed by atoms with Crippen molar-refractivity contribution in [1.82, 2.24) is 0 Å². The maximum atomic E-state index is 2.46. The normalized spacial score (nSPS) is 13.2. The number of fused-ring (bicyclic) bond motifs is 5. The van der Waals surface area contributed by atoms with Crippen molar-refractivity contribution in [2.45, 2.75) is 32.1 Å². The van der Waals surface area contributed by atoms with Crippen LogP contribution < -0.4 is 9.80 Å². The van der Waals surface area contributed by atoms with Gasteiger partial charge in [0.05, 0.1) is 17.1 Å². The summed E-state index contributed by atoms with van der Waals surface area (Å²) in [4.78, 5) is 4.83. The van der Waals surface area contributed by atoms with Gasteiger partial charge in [0.2, 0.25) is 0 Å². The highest BCUT2D eigenvalue weighted by Crippen LogP contribution is 2.55. The van der Waals surface area contributed by atoms with Gasteiger partial charge in [-0.2, -0.15) is 0 Å². The van der Waals surface area contributed by atoms with Crippen LogP contribution >= 0.6 is 0 Å². The Morgan fingerprint density at radius 3 is 1.49 bits per heavy atom. The Morgan fingerprint density at radius 1 is 0.385 bits per heavy atom. The zero-order valence-electron chi connectivity index (χ0n) is 36.9. The van der Waals surface area contributed by atoms with Crippen LogP contribution in [0.25, 0.3) is 57.7 Å². The lowest BCUT2D eigenvalue weighted by Crippen LogP contribution is -2.23. The molecule has 11 rings (SSSR count). The Bertz CT molecular complexity index is 3120. The molecule has 0 saturated heterocycles. The first-order valence-electron chi connectivity index (χ1n) is 23.0. The van der Waals surface area contributed by atoms with E-state index in [1.165, 1.54) is 72.4 Å². The van der Waals surface area contributed by atoms with Gasteiger partial charge in [0, 0.05) is 28.0 Å². The molecular formula is C63H50N2. The van der Waals surface area contributed by atoms with Crippen molar-refractivity contribution in [3.8, 4) is 33.4 Å². The molecule has 1 aliphatic heterocycles. The number of anilines is 6. The van der Waals surface area contributed by atoms with E-state index < -0.39 is 0 Å². The van der Waals surface area contributed by atoms with Gasteiger partial charge >= 0.3 is 0 Å². The molecular weight excluding hydrogens is 785 g/mol. The van der Waals surface area contributed by atoms with Crippen molar-refractivity contribution in [3.05, 3.63) is 252 Å². The van der Waals surface area contributed by atoms with E-state index in [1.807, 2.05) is 0 Å². The lowest BCUT2D eigenvalue weighted by Gasteiger charge is -2.32. The summed E-state index contributed by atoms with van der Waals surface area (Å²) in [6.45, 7) is 4.71. The summed E-state index contributed by atoms with van der Waals surface area (Å²) >= 11 is 0. The van der Waals surface area contributed by atoms with Crippen molar-refractivity contribution in [1.29, 1.82) is 0 Å². The summed E-state index contributed by atoms with van der Waals surface area (Å²) in [5, 5.41) is 0. The quantitative estimate of drug-likeness (QED) is 0.127. The summed E-state index contributed by atoms with van der Waals surface area (Å²) in [7, 11) is 0. The smallest absolute Gasteiger partial charge is 0.0546 e. The molecule has 9 aromatic carbocycles. The monoisotopic (exact) mass is 834 g/mol. The minimum absolute atomic E-state index is 0.0799. The second kappa shape index (κ2) is 17.0. The number of para-hydroxylation sites is 4. The maximum absolute atomic E-state index is 2.46. The Morgan fingerprint density at radius 2 is 0.877 bits per heavy atom. The van der Waals surface area contributed by atoms with Crippen LogP contribution in [0.5, 0.6) is 0 Å². The first-order valence-corrected chi connectivity index (χ1v) is 23.0. The third-order valence-electron chi connectivity index (χ3n) is 13.7. The summed E-state index contributed by atoms with van der Waals surface area (Å²) in [6.07, 6.45) is 11.1. The summed E-state index contributed by atoms with van der Waals surface area (Å²) in [6, 6.07) is 79.7. The van der Waals surface area contributed by atoms with Gasteiger partial charge < -0.3 is 9.80 Å². The molecule has 9 aromatic rings. The van der Waals surface area contributed by atoms with Gasteiger partial charge in [-0.3, -0.25) is 0 Å². The minimum atomic E-state index is -0.0799. The molecule has 0 amide bonds. The first-order chi connectivity index (χ1) is 32.1. The van der Waals surface area contributed by atoms with E-state index in [1.54, 1.807) is 0 Å². The van der Waals surface area contributed by atoms with Crippen molar-refractivity contribution in [2.75, 3.05) is 9.80 Å². The molecule has 0 radical (unpaired) electrons. The van der Waals surface area contributed by atoms with E-state index in [0.29, 0.717) is 0 Å². The zero-order valence-corrected chi connectivity index (χ0v) is 36.9. The van der Waals surface area contributed by atoms with Gasteiger partial charge in [-0.25, -0.2) is 0 Å². The molecule has 0 unspecified atom stereocenters. The van der Waals surface area contributed by atoms with E-state index in [4.69, 9.17) is 0 Å². The van der Waals surface area contributed by atoms with E-state index in [9.17, 15) is 0 Å². The van der Waals surface area contributed by atoms with Crippen LogP contribution in [0.2, 0.25) is 0 Å². The predicted octanol–water partition coefficient (Wildman–Crippen LogP) is 17.7. The summed E-state index contributed by atoms with van der Waals surface area (Å²) < 4.78 is 0. The SMILES string of the molecule is CCC1(CC)c2cc(/C=C/c3ccc(-c4ccc(-c5ccccc5)cc4N4c5ccccc5C=Cc5ccccc54)cc3)ccc2-c2ccc(N(c3ccccc3)c3ccccc3)cc21. The fourth-order valence-electron chi connectivity index (χ4n) is 10.3. The van der Waals surface area contributed by atoms with Gasteiger partial charge in [0.1, 0.15) is 0 Å². The second-order valence-electron chi connectivity index (χ2n) is 17.2. The lowest BCUT2D eigenvalue weighted by atomic mass is 9.73. The van der Waals surface area contributed by atoms with Crippen molar-refractivity contribution in [3.63, 3.8) is 0 Å². The molecule has 2 aliphatic rings. The highest BCUT2D eigenvalue weighted by molar-refractivity contribution is 5.98. The van der Waals surface area contributed by atoms with E-state index in [2.05, 4.69) is 266 Å². The summed E-state index contributed by atoms with van der Waals surface area (Å²) in [5.41, 5.74) is 21.9. The Labute approximate surface area is 383 Å². The average molecular weight is 835 g/mol. The Kier molecular flexibility index (Phi) is 10.4. The molecule has 0 saturated carbocycles. The number of rotatable bonds is 10. The van der Waals surface area contributed by atoms with Gasteiger partial charge in [-0.15, -0.1) is 0 Å². The van der Waals surface area contributed by atoms with Crippen LogP contribution in [-0.4, -0.2) is 0 Å². The minimum Gasteiger partial charge on any atom is -0.310 e. The summed E-state index contributed by atoms with van der Waals surface area (Å²) in [5.74, 6) is 0. The van der Waals surface area contributed by atoms with Crippen LogP contribution in [-0.2, 0) is 5.41 Å². The van der Waals surface area contributed by atoms with Crippen LogP contribution in [0.4, 0.5) is 34.1 Å². The number of nitrogens with zero attached hydrogens (tertiary/aromatic N) is 2. The average Bonchev–Trinajstić information content (AvgIpc) is 3.53. The lowest BCUT2D eigenvalue weighted by molar-refractivity contribution is 0.490. The van der Waals surface area contributed by atoms with Gasteiger partial charge in [0.15, 0.2) is 0 Å². The number of benzene rings is 9. The fourth-order valence-corrected chi connectivity index (χ4v) is 10.3. The van der Waals surface area contributed by atoms with Crippen LogP contribution in [0.3, 0.4) is 0 Å². The van der Waals surface area contributed by atoms with E-state index >= 15 is 0 Å². The number of hydrogen-bond acceptors (Lipinski definition) is 2. The fraction of sp³-hybridized carbons (Fsp3) is 0.0794.